The van der Waals surface area contributed by atoms with Crippen molar-refractivity contribution in [3.8, 4) is 0 Å². The molecule has 5 heteroatoms. The number of halogens is 1. The summed E-state index contributed by atoms with van der Waals surface area (Å²) in [6.07, 6.45) is 1.53. The summed E-state index contributed by atoms with van der Waals surface area (Å²) in [4.78, 5) is 8.24. The van der Waals surface area contributed by atoms with Crippen LogP contribution in [0.15, 0.2) is 35.1 Å². The molecule has 0 atom stereocenters. The summed E-state index contributed by atoms with van der Waals surface area (Å²) >= 11 is 3.44. The van der Waals surface area contributed by atoms with Gasteiger partial charge in [0.2, 0.25) is 0 Å². The lowest BCUT2D eigenvalue weighted by atomic mass is 10.2. The van der Waals surface area contributed by atoms with Crippen molar-refractivity contribution in [1.29, 1.82) is 0 Å². The van der Waals surface area contributed by atoms with E-state index >= 15 is 0 Å². The van der Waals surface area contributed by atoms with Crippen LogP contribution in [-0.4, -0.2) is 17.0 Å². The van der Waals surface area contributed by atoms with E-state index in [0.29, 0.717) is 0 Å². The molecule has 0 unspecified atom stereocenters. The average molecular weight is 293 g/mol. The third-order valence-corrected chi connectivity index (χ3v) is 2.87. The number of anilines is 3. The molecule has 0 amide bonds. The molecule has 2 rings (SSSR count). The Morgan fingerprint density at radius 1 is 1.12 bits per heavy atom. The molecular weight excluding hydrogens is 280 g/mol. The summed E-state index contributed by atoms with van der Waals surface area (Å²) in [6.45, 7) is 2.05. The van der Waals surface area contributed by atoms with E-state index < -0.39 is 0 Å². The van der Waals surface area contributed by atoms with E-state index in [-0.39, 0.29) is 0 Å². The Hall–Kier alpha value is -1.62. The highest BCUT2D eigenvalue weighted by Crippen LogP contribution is 2.23. The molecule has 0 saturated heterocycles. The third-order valence-electron chi connectivity index (χ3n) is 2.37. The highest BCUT2D eigenvalue weighted by Gasteiger charge is 2.01. The van der Waals surface area contributed by atoms with Crippen LogP contribution < -0.4 is 10.6 Å². The maximum atomic E-state index is 4.17. The Bertz CT molecular complexity index is 528. The Morgan fingerprint density at radius 2 is 1.88 bits per heavy atom. The van der Waals surface area contributed by atoms with Gasteiger partial charge in [0.1, 0.15) is 18.0 Å². The minimum absolute atomic E-state index is 0.773. The highest BCUT2D eigenvalue weighted by atomic mass is 79.9. The first-order chi connectivity index (χ1) is 8.19. The molecule has 0 spiro atoms. The topological polar surface area (TPSA) is 49.8 Å². The largest absolute Gasteiger partial charge is 0.373 e. The van der Waals surface area contributed by atoms with E-state index in [9.17, 15) is 0 Å². The van der Waals surface area contributed by atoms with Crippen molar-refractivity contribution in [2.75, 3.05) is 17.7 Å². The van der Waals surface area contributed by atoms with Crippen LogP contribution in [0.3, 0.4) is 0 Å². The summed E-state index contributed by atoms with van der Waals surface area (Å²) in [6, 6.07) is 7.93. The summed E-state index contributed by atoms with van der Waals surface area (Å²) < 4.78 is 1.07. The van der Waals surface area contributed by atoms with Crippen LogP contribution in [0.2, 0.25) is 0 Å². The van der Waals surface area contributed by atoms with Gasteiger partial charge in [0.25, 0.3) is 0 Å². The highest BCUT2D eigenvalue weighted by molar-refractivity contribution is 9.10. The van der Waals surface area contributed by atoms with E-state index in [0.717, 1.165) is 27.4 Å². The van der Waals surface area contributed by atoms with Crippen LogP contribution in [-0.2, 0) is 0 Å². The second kappa shape index (κ2) is 5.14. The van der Waals surface area contributed by atoms with Crippen molar-refractivity contribution in [2.24, 2.45) is 0 Å². The zero-order valence-corrected chi connectivity index (χ0v) is 11.2. The lowest BCUT2D eigenvalue weighted by Crippen LogP contribution is -1.99. The van der Waals surface area contributed by atoms with Crippen molar-refractivity contribution >= 4 is 33.3 Å². The van der Waals surface area contributed by atoms with Crippen LogP contribution in [0.1, 0.15) is 5.56 Å². The molecular formula is C12H13BrN4. The first-order valence-corrected chi connectivity index (χ1v) is 6.01. The zero-order chi connectivity index (χ0) is 12.3. The second-order valence-corrected chi connectivity index (χ2v) is 4.54. The average Bonchev–Trinajstić information content (AvgIpc) is 2.33. The Labute approximate surface area is 109 Å². The molecule has 2 N–H and O–H groups in total. The van der Waals surface area contributed by atoms with Crippen molar-refractivity contribution in [3.63, 3.8) is 0 Å². The van der Waals surface area contributed by atoms with Crippen LogP contribution in [0.4, 0.5) is 17.3 Å². The minimum Gasteiger partial charge on any atom is -0.373 e. The molecule has 0 bridgehead atoms. The second-order valence-electron chi connectivity index (χ2n) is 3.62. The number of nitrogens with one attached hydrogen (secondary N) is 2. The predicted molar refractivity (Wildman–Crippen MR) is 73.7 cm³/mol. The Kier molecular flexibility index (Phi) is 3.58. The van der Waals surface area contributed by atoms with E-state index in [2.05, 4.69) is 42.6 Å². The smallest absolute Gasteiger partial charge is 0.135 e. The fourth-order valence-electron chi connectivity index (χ4n) is 1.47. The number of hydrogen-bond acceptors (Lipinski definition) is 4. The summed E-state index contributed by atoms with van der Waals surface area (Å²) in [5.41, 5.74) is 2.19. The number of rotatable bonds is 3. The SMILES string of the molecule is CNc1cc(Nc2ccc(Br)cc2C)ncn1. The molecule has 1 aromatic heterocycles. The van der Waals surface area contributed by atoms with Crippen LogP contribution in [0, 0.1) is 6.92 Å². The third kappa shape index (κ3) is 2.94. The van der Waals surface area contributed by atoms with Crippen molar-refractivity contribution in [1.82, 2.24) is 9.97 Å². The molecule has 88 valence electrons. The maximum absolute atomic E-state index is 4.17. The monoisotopic (exact) mass is 292 g/mol. The van der Waals surface area contributed by atoms with Crippen molar-refractivity contribution < 1.29 is 0 Å². The van der Waals surface area contributed by atoms with Crippen molar-refractivity contribution in [3.05, 3.63) is 40.6 Å². The predicted octanol–water partition coefficient (Wildman–Crippen LogP) is 3.33. The minimum atomic E-state index is 0.773. The first kappa shape index (κ1) is 11.9. The molecule has 4 nitrogen and oxygen atoms in total. The molecule has 0 radical (unpaired) electrons. The number of hydrogen-bond donors (Lipinski definition) is 2. The summed E-state index contributed by atoms with van der Waals surface area (Å²) in [5.74, 6) is 1.56. The Balaban J connectivity index is 2.25. The van der Waals surface area contributed by atoms with E-state index in [4.69, 9.17) is 0 Å². The lowest BCUT2D eigenvalue weighted by Gasteiger charge is -2.09. The Morgan fingerprint density at radius 3 is 2.59 bits per heavy atom. The maximum Gasteiger partial charge on any atom is 0.135 e. The fraction of sp³-hybridized carbons (Fsp3) is 0.167. The first-order valence-electron chi connectivity index (χ1n) is 5.22. The number of aromatic nitrogens is 2. The fourth-order valence-corrected chi connectivity index (χ4v) is 1.94. The molecule has 17 heavy (non-hydrogen) atoms. The van der Waals surface area contributed by atoms with Crippen LogP contribution in [0.5, 0.6) is 0 Å². The van der Waals surface area contributed by atoms with Crippen LogP contribution in [0.25, 0.3) is 0 Å². The van der Waals surface area contributed by atoms with Gasteiger partial charge in [-0.1, -0.05) is 15.9 Å². The number of benzene rings is 1. The van der Waals surface area contributed by atoms with Gasteiger partial charge in [0.05, 0.1) is 0 Å². The quantitative estimate of drug-likeness (QED) is 0.911. The van der Waals surface area contributed by atoms with E-state index in [1.165, 1.54) is 6.33 Å². The summed E-state index contributed by atoms with van der Waals surface area (Å²) in [7, 11) is 1.83. The molecule has 0 aliphatic carbocycles. The van der Waals surface area contributed by atoms with Gasteiger partial charge >= 0.3 is 0 Å². The van der Waals surface area contributed by atoms with Gasteiger partial charge in [-0.05, 0) is 30.7 Å². The van der Waals surface area contributed by atoms with E-state index in [1.54, 1.807) is 0 Å². The van der Waals surface area contributed by atoms with Gasteiger partial charge in [0, 0.05) is 23.3 Å². The van der Waals surface area contributed by atoms with Crippen LogP contribution >= 0.6 is 15.9 Å². The number of aryl methyl sites for hydroxylation is 1. The standard InChI is InChI=1S/C12H13BrN4/c1-8-5-9(13)3-4-10(8)17-12-6-11(14-2)15-7-16-12/h3-7H,1-2H3,(H2,14,15,16,17). The summed E-state index contributed by atoms with van der Waals surface area (Å²) in [5, 5.41) is 6.24. The van der Waals surface area contributed by atoms with E-state index in [1.807, 2.05) is 32.2 Å². The van der Waals surface area contributed by atoms with Gasteiger partial charge in [-0.3, -0.25) is 0 Å². The molecule has 0 aliphatic heterocycles. The van der Waals surface area contributed by atoms with Gasteiger partial charge in [-0.25, -0.2) is 9.97 Å². The van der Waals surface area contributed by atoms with Gasteiger partial charge in [-0.2, -0.15) is 0 Å². The number of nitrogens with zero attached hydrogens (tertiary/aromatic N) is 2. The lowest BCUT2D eigenvalue weighted by molar-refractivity contribution is 1.16. The zero-order valence-electron chi connectivity index (χ0n) is 9.66. The molecule has 0 saturated carbocycles. The molecule has 1 heterocycles. The molecule has 2 aromatic rings. The normalized spacial score (nSPS) is 10.1. The molecule has 0 aliphatic rings. The van der Waals surface area contributed by atoms with Gasteiger partial charge in [-0.15, -0.1) is 0 Å². The van der Waals surface area contributed by atoms with Gasteiger partial charge in [0.15, 0.2) is 0 Å². The van der Waals surface area contributed by atoms with Gasteiger partial charge < -0.3 is 10.6 Å². The van der Waals surface area contributed by atoms with Crippen molar-refractivity contribution in [2.45, 2.75) is 6.92 Å². The molecule has 0 fully saturated rings. The molecule has 1 aromatic carbocycles.